The molecule has 0 radical (unpaired) electrons. The minimum absolute atomic E-state index is 0.0296. The molecule has 4 rings (SSSR count). The quantitative estimate of drug-likeness (QED) is 0.835. The molecule has 0 saturated carbocycles. The van der Waals surface area contributed by atoms with Crippen LogP contribution in [0.1, 0.15) is 38.5 Å². The zero-order chi connectivity index (χ0) is 17.2. The van der Waals surface area contributed by atoms with E-state index in [2.05, 4.69) is 15.5 Å². The third-order valence-corrected chi connectivity index (χ3v) is 6.02. The lowest BCUT2D eigenvalue weighted by Gasteiger charge is -2.23. The van der Waals surface area contributed by atoms with Crippen molar-refractivity contribution in [2.24, 2.45) is 0 Å². The van der Waals surface area contributed by atoms with Crippen LogP contribution in [0.3, 0.4) is 0 Å². The molecule has 0 aromatic carbocycles. The lowest BCUT2D eigenvalue weighted by molar-refractivity contribution is -0.122. The zero-order valence-electron chi connectivity index (χ0n) is 14.1. The molecule has 0 unspecified atom stereocenters. The molecule has 1 N–H and O–H groups in total. The molecule has 4 heterocycles. The molecule has 25 heavy (non-hydrogen) atoms. The van der Waals surface area contributed by atoms with Gasteiger partial charge < -0.3 is 15.0 Å². The summed E-state index contributed by atoms with van der Waals surface area (Å²) in [5, 5.41) is 12.8. The normalized spacial score (nSPS) is 26.6. The highest BCUT2D eigenvalue weighted by molar-refractivity contribution is 7.19. The van der Waals surface area contributed by atoms with Crippen molar-refractivity contribution in [3.05, 3.63) is 0 Å². The number of hydrogen-bond donors (Lipinski definition) is 1. The van der Waals surface area contributed by atoms with E-state index < -0.39 is 0 Å². The van der Waals surface area contributed by atoms with Gasteiger partial charge in [-0.1, -0.05) is 11.3 Å². The molecule has 3 aliphatic heterocycles. The Kier molecular flexibility index (Phi) is 4.85. The summed E-state index contributed by atoms with van der Waals surface area (Å²) in [5.41, 5.74) is 0. The Morgan fingerprint density at radius 2 is 2.08 bits per heavy atom. The van der Waals surface area contributed by atoms with Gasteiger partial charge in [-0.2, -0.15) is 0 Å². The van der Waals surface area contributed by atoms with Crippen LogP contribution in [0.4, 0.5) is 10.3 Å². The Balaban J connectivity index is 1.39. The van der Waals surface area contributed by atoms with E-state index >= 15 is 0 Å². The topological polar surface area (TPSA) is 87.7 Å². The van der Waals surface area contributed by atoms with Gasteiger partial charge in [-0.25, -0.2) is 0 Å². The van der Waals surface area contributed by atoms with Gasteiger partial charge in [0.2, 0.25) is 22.1 Å². The van der Waals surface area contributed by atoms with E-state index in [0.717, 1.165) is 50.4 Å². The van der Waals surface area contributed by atoms with Crippen LogP contribution in [0, 0.1) is 0 Å². The average molecular weight is 365 g/mol. The van der Waals surface area contributed by atoms with Crippen LogP contribution >= 0.6 is 11.3 Å². The lowest BCUT2D eigenvalue weighted by atomic mass is 10.2. The monoisotopic (exact) mass is 365 g/mol. The Morgan fingerprint density at radius 1 is 1.20 bits per heavy atom. The van der Waals surface area contributed by atoms with Gasteiger partial charge in [0.1, 0.15) is 6.04 Å². The summed E-state index contributed by atoms with van der Waals surface area (Å²) in [6.07, 6.45) is 5.44. The van der Waals surface area contributed by atoms with Crippen molar-refractivity contribution in [2.45, 2.75) is 50.7 Å². The van der Waals surface area contributed by atoms with Crippen molar-refractivity contribution in [2.75, 3.05) is 36.0 Å². The van der Waals surface area contributed by atoms with Crippen molar-refractivity contribution >= 4 is 33.4 Å². The summed E-state index contributed by atoms with van der Waals surface area (Å²) in [5.74, 6) is 0.136. The highest BCUT2D eigenvalue weighted by Crippen LogP contribution is 2.33. The van der Waals surface area contributed by atoms with Gasteiger partial charge in [0.25, 0.3) is 0 Å². The molecule has 3 aliphatic rings. The molecular weight excluding hydrogens is 342 g/mol. The fourth-order valence-electron chi connectivity index (χ4n) is 3.69. The van der Waals surface area contributed by atoms with Gasteiger partial charge >= 0.3 is 0 Å². The van der Waals surface area contributed by atoms with E-state index in [9.17, 15) is 9.59 Å². The zero-order valence-corrected chi connectivity index (χ0v) is 15.0. The lowest BCUT2D eigenvalue weighted by Crippen LogP contribution is -2.45. The standard InChI is InChI=1S/C16H23N5O3S/c22-13-6-2-8-21(13)16-19-18-15(25-16)20-7-1-5-12(20)14(23)17-10-11-4-3-9-24-11/h11-12H,1-10H2,(H,17,23)/t11-,12-/m1/s1. The summed E-state index contributed by atoms with van der Waals surface area (Å²) in [7, 11) is 0. The average Bonchev–Trinajstić information content (AvgIpc) is 3.37. The first-order valence-electron chi connectivity index (χ1n) is 9.02. The minimum atomic E-state index is -0.212. The van der Waals surface area contributed by atoms with E-state index in [1.54, 1.807) is 4.90 Å². The van der Waals surface area contributed by atoms with Gasteiger partial charge in [0.05, 0.1) is 6.10 Å². The van der Waals surface area contributed by atoms with Crippen molar-refractivity contribution in [3.63, 3.8) is 0 Å². The Labute approximate surface area is 150 Å². The second-order valence-electron chi connectivity index (χ2n) is 6.75. The van der Waals surface area contributed by atoms with Crippen LogP contribution in [0.25, 0.3) is 0 Å². The summed E-state index contributed by atoms with van der Waals surface area (Å²) in [4.78, 5) is 28.2. The number of anilines is 2. The molecule has 136 valence electrons. The summed E-state index contributed by atoms with van der Waals surface area (Å²) >= 11 is 1.40. The van der Waals surface area contributed by atoms with Crippen molar-refractivity contribution in [1.82, 2.24) is 15.5 Å². The van der Waals surface area contributed by atoms with Crippen LogP contribution in [-0.2, 0) is 14.3 Å². The van der Waals surface area contributed by atoms with Gasteiger partial charge in [-0.3, -0.25) is 14.5 Å². The molecule has 8 nitrogen and oxygen atoms in total. The number of hydrogen-bond acceptors (Lipinski definition) is 7. The largest absolute Gasteiger partial charge is 0.376 e. The van der Waals surface area contributed by atoms with Gasteiger partial charge in [0.15, 0.2) is 0 Å². The second-order valence-corrected chi connectivity index (χ2v) is 7.68. The predicted molar refractivity (Wildman–Crippen MR) is 93.8 cm³/mol. The minimum Gasteiger partial charge on any atom is -0.376 e. The number of ether oxygens (including phenoxy) is 1. The highest BCUT2D eigenvalue weighted by atomic mass is 32.1. The first-order valence-corrected chi connectivity index (χ1v) is 9.84. The van der Waals surface area contributed by atoms with Crippen molar-refractivity contribution in [3.8, 4) is 0 Å². The predicted octanol–water partition coefficient (Wildman–Crippen LogP) is 0.929. The molecule has 0 aliphatic carbocycles. The van der Waals surface area contributed by atoms with Crippen LogP contribution in [0.5, 0.6) is 0 Å². The van der Waals surface area contributed by atoms with Gasteiger partial charge in [-0.05, 0) is 32.1 Å². The van der Waals surface area contributed by atoms with E-state index in [1.165, 1.54) is 11.3 Å². The SMILES string of the molecule is O=C(NC[C@H]1CCCO1)[C@H]1CCCN1c1nnc(N2CCCC2=O)s1. The second kappa shape index (κ2) is 7.25. The van der Waals surface area contributed by atoms with Gasteiger partial charge in [0, 0.05) is 32.7 Å². The van der Waals surface area contributed by atoms with E-state index in [0.29, 0.717) is 24.6 Å². The molecule has 1 aromatic rings. The number of amides is 2. The first-order chi connectivity index (χ1) is 12.2. The number of nitrogens with zero attached hydrogens (tertiary/aromatic N) is 4. The fraction of sp³-hybridized carbons (Fsp3) is 0.750. The third-order valence-electron chi connectivity index (χ3n) is 5.04. The molecule has 2 amide bonds. The number of aromatic nitrogens is 2. The smallest absolute Gasteiger partial charge is 0.242 e. The van der Waals surface area contributed by atoms with Gasteiger partial charge in [-0.15, -0.1) is 10.2 Å². The number of carbonyl (C=O) groups excluding carboxylic acids is 2. The van der Waals surface area contributed by atoms with Crippen LogP contribution < -0.4 is 15.1 Å². The van der Waals surface area contributed by atoms with Crippen molar-refractivity contribution < 1.29 is 14.3 Å². The molecule has 0 bridgehead atoms. The summed E-state index contributed by atoms with van der Waals surface area (Å²) in [6.45, 7) is 2.87. The fourth-order valence-corrected chi connectivity index (χ4v) is 4.66. The maximum atomic E-state index is 12.6. The Morgan fingerprint density at radius 3 is 2.84 bits per heavy atom. The third kappa shape index (κ3) is 3.48. The number of carbonyl (C=O) groups is 2. The molecule has 3 saturated heterocycles. The molecule has 9 heteroatoms. The Hall–Kier alpha value is -1.74. The maximum Gasteiger partial charge on any atom is 0.242 e. The summed E-state index contributed by atoms with van der Waals surface area (Å²) < 4.78 is 5.56. The highest BCUT2D eigenvalue weighted by Gasteiger charge is 2.34. The van der Waals surface area contributed by atoms with E-state index in [4.69, 9.17) is 4.74 Å². The maximum absolute atomic E-state index is 12.6. The molecule has 0 spiro atoms. The number of rotatable bonds is 5. The molecule has 3 fully saturated rings. The number of nitrogens with one attached hydrogen (secondary N) is 1. The summed E-state index contributed by atoms with van der Waals surface area (Å²) in [6, 6.07) is -0.212. The molecular formula is C16H23N5O3S. The van der Waals surface area contributed by atoms with Crippen LogP contribution in [0.15, 0.2) is 0 Å². The van der Waals surface area contributed by atoms with Crippen LogP contribution in [0.2, 0.25) is 0 Å². The molecule has 1 aromatic heterocycles. The first kappa shape index (κ1) is 16.7. The molecule has 2 atom stereocenters. The van der Waals surface area contributed by atoms with E-state index in [-0.39, 0.29) is 24.0 Å². The van der Waals surface area contributed by atoms with Crippen LogP contribution in [-0.4, -0.2) is 60.4 Å². The van der Waals surface area contributed by atoms with Crippen molar-refractivity contribution in [1.29, 1.82) is 0 Å². The van der Waals surface area contributed by atoms with E-state index in [1.807, 2.05) is 4.90 Å². The Bertz CT molecular complexity index is 645.